The molecule has 29 heavy (non-hydrogen) atoms. The Kier molecular flexibility index (Phi) is 10.6. The van der Waals surface area contributed by atoms with Crippen LogP contribution >= 0.6 is 24.0 Å². The second-order valence-electron chi connectivity index (χ2n) is 7.64. The first-order valence-corrected chi connectivity index (χ1v) is 9.93. The summed E-state index contributed by atoms with van der Waals surface area (Å²) in [5, 5.41) is 6.92. The number of rotatable bonds is 6. The lowest BCUT2D eigenvalue weighted by Gasteiger charge is -2.33. The van der Waals surface area contributed by atoms with Gasteiger partial charge in [0.2, 0.25) is 0 Å². The third-order valence-corrected chi connectivity index (χ3v) is 5.15. The van der Waals surface area contributed by atoms with Crippen molar-refractivity contribution >= 4 is 36.0 Å². The molecule has 1 amide bonds. The molecule has 1 heterocycles. The molecular formula is C21H35IN4O3. The monoisotopic (exact) mass is 518 g/mol. The SMILES string of the molecule is CCOC(=O)N1CCC(NC(=NC)NCC(C)(C)c2ccc(OC)cc2)CC1.I. The van der Waals surface area contributed by atoms with Gasteiger partial charge in [0, 0.05) is 38.1 Å². The number of benzene rings is 1. The molecule has 1 fully saturated rings. The van der Waals surface area contributed by atoms with E-state index in [9.17, 15) is 4.79 Å². The lowest BCUT2D eigenvalue weighted by molar-refractivity contribution is 0.0963. The third-order valence-electron chi connectivity index (χ3n) is 5.15. The number of guanidine groups is 1. The van der Waals surface area contributed by atoms with Gasteiger partial charge in [0.25, 0.3) is 0 Å². The van der Waals surface area contributed by atoms with Gasteiger partial charge in [0.15, 0.2) is 5.96 Å². The summed E-state index contributed by atoms with van der Waals surface area (Å²) in [4.78, 5) is 17.9. The number of halogens is 1. The number of ether oxygens (including phenoxy) is 2. The van der Waals surface area contributed by atoms with Crippen LogP contribution in [0.1, 0.15) is 39.2 Å². The van der Waals surface area contributed by atoms with Crippen molar-refractivity contribution in [3.05, 3.63) is 29.8 Å². The molecule has 1 aliphatic rings. The molecule has 0 saturated carbocycles. The zero-order valence-electron chi connectivity index (χ0n) is 18.2. The molecule has 1 saturated heterocycles. The van der Waals surface area contributed by atoms with Crippen molar-refractivity contribution in [2.75, 3.05) is 40.4 Å². The normalized spacial score (nSPS) is 15.3. The smallest absolute Gasteiger partial charge is 0.409 e. The van der Waals surface area contributed by atoms with E-state index in [2.05, 4.69) is 41.6 Å². The maximum atomic E-state index is 11.8. The molecule has 0 bridgehead atoms. The summed E-state index contributed by atoms with van der Waals surface area (Å²) in [5.41, 5.74) is 1.18. The highest BCUT2D eigenvalue weighted by Gasteiger charge is 2.25. The van der Waals surface area contributed by atoms with Crippen molar-refractivity contribution in [3.63, 3.8) is 0 Å². The highest BCUT2D eigenvalue weighted by molar-refractivity contribution is 14.0. The number of piperidine rings is 1. The number of carbonyl (C=O) groups is 1. The average Bonchev–Trinajstić information content (AvgIpc) is 2.71. The molecule has 8 heteroatoms. The number of hydrogen-bond acceptors (Lipinski definition) is 4. The Bertz CT molecular complexity index is 656. The van der Waals surface area contributed by atoms with Crippen molar-refractivity contribution in [1.82, 2.24) is 15.5 Å². The van der Waals surface area contributed by atoms with E-state index in [1.807, 2.05) is 19.1 Å². The van der Waals surface area contributed by atoms with Gasteiger partial charge in [-0.2, -0.15) is 0 Å². The second kappa shape index (κ2) is 12.1. The zero-order valence-corrected chi connectivity index (χ0v) is 20.5. The molecule has 0 spiro atoms. The van der Waals surface area contributed by atoms with Gasteiger partial charge in [-0.05, 0) is 37.5 Å². The van der Waals surface area contributed by atoms with Crippen LogP contribution < -0.4 is 15.4 Å². The van der Waals surface area contributed by atoms with Crippen molar-refractivity contribution < 1.29 is 14.3 Å². The summed E-state index contributed by atoms with van der Waals surface area (Å²) in [7, 11) is 3.46. The Morgan fingerprint density at radius 1 is 1.24 bits per heavy atom. The first-order valence-electron chi connectivity index (χ1n) is 9.93. The Morgan fingerprint density at radius 2 is 1.86 bits per heavy atom. The van der Waals surface area contributed by atoms with Crippen molar-refractivity contribution in [1.29, 1.82) is 0 Å². The summed E-state index contributed by atoms with van der Waals surface area (Å²) in [6.07, 6.45) is 1.53. The van der Waals surface area contributed by atoms with E-state index in [-0.39, 0.29) is 35.5 Å². The Morgan fingerprint density at radius 3 is 2.38 bits per heavy atom. The highest BCUT2D eigenvalue weighted by atomic mass is 127. The van der Waals surface area contributed by atoms with Gasteiger partial charge in [-0.3, -0.25) is 4.99 Å². The zero-order chi connectivity index (χ0) is 20.6. The standard InChI is InChI=1S/C21H34N4O3.HI/c1-6-28-20(26)25-13-11-17(12-14-25)24-19(22-4)23-15-21(2,3)16-7-9-18(27-5)10-8-16;/h7-10,17H,6,11-15H2,1-5H3,(H2,22,23,24);1H. The fourth-order valence-corrected chi connectivity index (χ4v) is 3.26. The van der Waals surface area contributed by atoms with E-state index < -0.39 is 0 Å². The second-order valence-corrected chi connectivity index (χ2v) is 7.64. The molecule has 0 atom stereocenters. The fraction of sp³-hybridized carbons (Fsp3) is 0.619. The number of amides is 1. The molecule has 2 N–H and O–H groups in total. The van der Waals surface area contributed by atoms with Crippen molar-refractivity contribution in [3.8, 4) is 5.75 Å². The number of nitrogens with one attached hydrogen (secondary N) is 2. The summed E-state index contributed by atoms with van der Waals surface area (Å²) in [5.74, 6) is 1.65. The summed E-state index contributed by atoms with van der Waals surface area (Å²) in [6.45, 7) is 8.79. The van der Waals surface area contributed by atoms with Crippen LogP contribution in [-0.4, -0.2) is 63.4 Å². The minimum absolute atomic E-state index is 0. The summed E-state index contributed by atoms with van der Waals surface area (Å²) < 4.78 is 10.3. The molecule has 1 aromatic carbocycles. The molecule has 2 rings (SSSR count). The Hall–Kier alpha value is -1.71. The number of methoxy groups -OCH3 is 1. The van der Waals surface area contributed by atoms with E-state index in [4.69, 9.17) is 9.47 Å². The number of nitrogens with zero attached hydrogens (tertiary/aromatic N) is 2. The third kappa shape index (κ3) is 7.56. The Balaban J connectivity index is 0.00000420. The first-order chi connectivity index (χ1) is 13.4. The van der Waals surface area contributed by atoms with E-state index in [0.717, 1.165) is 31.1 Å². The number of likely N-dealkylation sites (tertiary alicyclic amines) is 1. The molecular weight excluding hydrogens is 483 g/mol. The van der Waals surface area contributed by atoms with Crippen LogP contribution in [0.5, 0.6) is 5.75 Å². The topological polar surface area (TPSA) is 75.2 Å². The van der Waals surface area contributed by atoms with E-state index in [0.29, 0.717) is 25.7 Å². The molecule has 0 unspecified atom stereocenters. The maximum Gasteiger partial charge on any atom is 0.409 e. The van der Waals surface area contributed by atoms with Gasteiger partial charge in [0.1, 0.15) is 5.75 Å². The first kappa shape index (κ1) is 25.3. The number of aliphatic imine (C=N–C) groups is 1. The summed E-state index contributed by atoms with van der Waals surface area (Å²) >= 11 is 0. The predicted octanol–water partition coefficient (Wildman–Crippen LogP) is 3.38. The van der Waals surface area contributed by atoms with E-state index >= 15 is 0 Å². The molecule has 0 radical (unpaired) electrons. The number of hydrogen-bond donors (Lipinski definition) is 2. The highest BCUT2D eigenvalue weighted by Crippen LogP contribution is 2.24. The lowest BCUT2D eigenvalue weighted by Crippen LogP contribution is -2.51. The van der Waals surface area contributed by atoms with Crippen LogP contribution in [0.25, 0.3) is 0 Å². The maximum absolute atomic E-state index is 11.8. The van der Waals surface area contributed by atoms with Crippen molar-refractivity contribution in [2.24, 2.45) is 4.99 Å². The minimum Gasteiger partial charge on any atom is -0.497 e. The molecule has 1 aromatic rings. The van der Waals surface area contributed by atoms with E-state index in [1.165, 1.54) is 5.56 Å². The quantitative estimate of drug-likeness (QED) is 0.343. The van der Waals surface area contributed by atoms with Gasteiger partial charge in [0.05, 0.1) is 13.7 Å². The van der Waals surface area contributed by atoms with Crippen LogP contribution in [-0.2, 0) is 10.2 Å². The van der Waals surface area contributed by atoms with Gasteiger partial charge in [-0.1, -0.05) is 26.0 Å². The van der Waals surface area contributed by atoms with Crippen LogP contribution in [0.4, 0.5) is 4.79 Å². The Labute approximate surface area is 191 Å². The van der Waals surface area contributed by atoms with E-state index in [1.54, 1.807) is 19.1 Å². The molecule has 0 aromatic heterocycles. The van der Waals surface area contributed by atoms with Crippen LogP contribution in [0.2, 0.25) is 0 Å². The van der Waals surface area contributed by atoms with Crippen LogP contribution in [0.15, 0.2) is 29.3 Å². The van der Waals surface area contributed by atoms with Gasteiger partial charge >= 0.3 is 6.09 Å². The van der Waals surface area contributed by atoms with Crippen molar-refractivity contribution in [2.45, 2.75) is 45.1 Å². The molecule has 7 nitrogen and oxygen atoms in total. The fourth-order valence-electron chi connectivity index (χ4n) is 3.26. The lowest BCUT2D eigenvalue weighted by atomic mass is 9.84. The van der Waals surface area contributed by atoms with Crippen LogP contribution in [0, 0.1) is 0 Å². The van der Waals surface area contributed by atoms with Gasteiger partial charge in [-0.25, -0.2) is 4.79 Å². The molecule has 0 aliphatic carbocycles. The minimum atomic E-state index is -0.218. The van der Waals surface area contributed by atoms with Gasteiger partial charge in [-0.15, -0.1) is 24.0 Å². The average molecular weight is 518 g/mol. The largest absolute Gasteiger partial charge is 0.497 e. The molecule has 164 valence electrons. The van der Waals surface area contributed by atoms with Crippen LogP contribution in [0.3, 0.4) is 0 Å². The molecule has 1 aliphatic heterocycles. The van der Waals surface area contributed by atoms with Gasteiger partial charge < -0.3 is 25.0 Å². The number of carbonyl (C=O) groups excluding carboxylic acids is 1. The summed E-state index contributed by atoms with van der Waals surface area (Å²) in [6, 6.07) is 8.47. The predicted molar refractivity (Wildman–Crippen MR) is 128 cm³/mol.